The minimum absolute atomic E-state index is 0.0990. The second-order valence-corrected chi connectivity index (χ2v) is 13.2. The van der Waals surface area contributed by atoms with Crippen LogP contribution in [0.1, 0.15) is 25.0 Å². The van der Waals surface area contributed by atoms with Gasteiger partial charge >= 0.3 is 0 Å². The molecule has 0 N–H and O–H groups in total. The van der Waals surface area contributed by atoms with E-state index in [1.54, 1.807) is 0 Å². The zero-order valence-electron chi connectivity index (χ0n) is 25.8. The quantitative estimate of drug-likeness (QED) is 0.184. The van der Waals surface area contributed by atoms with Gasteiger partial charge in [-0.15, -0.1) is 0 Å². The van der Waals surface area contributed by atoms with Gasteiger partial charge in [0.1, 0.15) is 11.2 Å². The van der Waals surface area contributed by atoms with E-state index in [1.807, 2.05) is 12.1 Å². The standard InChI is InChI=1S/C45H30O/c1-45(2)38-24-21-27-11-3-4-12-30(27)44(38)37-23-20-28(25-39(37)45)42-33-14-5-7-16-35(33)43(36-17-8-6-15-34(36)42)29-19-22-32-31-13-9-10-18-40(31)46-41(32)26-29/h3-26H,1-2H3. The Kier molecular flexibility index (Phi) is 5.12. The van der Waals surface area contributed by atoms with Gasteiger partial charge in [0.2, 0.25) is 0 Å². The zero-order valence-corrected chi connectivity index (χ0v) is 25.8. The van der Waals surface area contributed by atoms with Gasteiger partial charge in [0.05, 0.1) is 0 Å². The Morgan fingerprint density at radius 2 is 0.935 bits per heavy atom. The molecule has 10 rings (SSSR count). The van der Waals surface area contributed by atoms with Gasteiger partial charge in [0.25, 0.3) is 0 Å². The smallest absolute Gasteiger partial charge is 0.136 e. The maximum absolute atomic E-state index is 6.35. The van der Waals surface area contributed by atoms with E-state index in [-0.39, 0.29) is 5.41 Å². The molecule has 1 aliphatic carbocycles. The molecule has 216 valence electrons. The molecule has 0 saturated carbocycles. The van der Waals surface area contributed by atoms with Crippen molar-refractivity contribution >= 4 is 54.3 Å². The molecular formula is C45H30O. The molecule has 0 spiro atoms. The van der Waals surface area contributed by atoms with Crippen LogP contribution in [0.2, 0.25) is 0 Å². The summed E-state index contributed by atoms with van der Waals surface area (Å²) in [6.45, 7) is 4.76. The molecule has 0 bridgehead atoms. The first-order valence-electron chi connectivity index (χ1n) is 16.1. The number of para-hydroxylation sites is 1. The predicted molar refractivity (Wildman–Crippen MR) is 195 cm³/mol. The summed E-state index contributed by atoms with van der Waals surface area (Å²) in [5, 5.41) is 9.96. The molecule has 1 aliphatic rings. The van der Waals surface area contributed by atoms with Gasteiger partial charge in [0.15, 0.2) is 0 Å². The summed E-state index contributed by atoms with van der Waals surface area (Å²) in [7, 11) is 0. The molecule has 1 heterocycles. The minimum Gasteiger partial charge on any atom is -0.456 e. The summed E-state index contributed by atoms with van der Waals surface area (Å²) in [5.74, 6) is 0. The van der Waals surface area contributed by atoms with Crippen molar-refractivity contribution in [1.29, 1.82) is 0 Å². The highest BCUT2D eigenvalue weighted by atomic mass is 16.3. The lowest BCUT2D eigenvalue weighted by Gasteiger charge is -2.23. The minimum atomic E-state index is -0.0990. The van der Waals surface area contributed by atoms with Gasteiger partial charge in [-0.1, -0.05) is 135 Å². The van der Waals surface area contributed by atoms with Crippen molar-refractivity contribution in [1.82, 2.24) is 0 Å². The Hall–Kier alpha value is -5.66. The van der Waals surface area contributed by atoms with Crippen LogP contribution in [0.15, 0.2) is 150 Å². The zero-order chi connectivity index (χ0) is 30.6. The summed E-state index contributed by atoms with van der Waals surface area (Å²) < 4.78 is 6.35. The lowest BCUT2D eigenvalue weighted by atomic mass is 9.80. The molecule has 46 heavy (non-hydrogen) atoms. The average molecular weight is 587 g/mol. The first kappa shape index (κ1) is 25.6. The fourth-order valence-electron chi connectivity index (χ4n) is 8.29. The van der Waals surface area contributed by atoms with E-state index in [0.717, 1.165) is 21.9 Å². The predicted octanol–water partition coefficient (Wildman–Crippen LogP) is 12.7. The molecule has 1 heteroatoms. The summed E-state index contributed by atoms with van der Waals surface area (Å²) in [6.07, 6.45) is 0. The molecule has 1 aromatic heterocycles. The summed E-state index contributed by atoms with van der Waals surface area (Å²) in [5.41, 5.74) is 12.3. The molecule has 1 nitrogen and oxygen atoms in total. The molecular weight excluding hydrogens is 556 g/mol. The molecule has 8 aromatic carbocycles. The van der Waals surface area contributed by atoms with Gasteiger partial charge in [-0.05, 0) is 101 Å². The monoisotopic (exact) mass is 586 g/mol. The van der Waals surface area contributed by atoms with Crippen molar-refractivity contribution in [2.24, 2.45) is 0 Å². The fraction of sp³-hybridized carbons (Fsp3) is 0.0667. The molecule has 0 unspecified atom stereocenters. The average Bonchev–Trinajstić information content (AvgIpc) is 3.58. The van der Waals surface area contributed by atoms with Gasteiger partial charge in [0, 0.05) is 16.2 Å². The fourth-order valence-corrected chi connectivity index (χ4v) is 8.29. The van der Waals surface area contributed by atoms with Crippen LogP contribution in [0.3, 0.4) is 0 Å². The largest absolute Gasteiger partial charge is 0.456 e. The van der Waals surface area contributed by atoms with E-state index in [1.165, 1.54) is 76.8 Å². The van der Waals surface area contributed by atoms with Crippen LogP contribution in [-0.2, 0) is 5.41 Å². The van der Waals surface area contributed by atoms with E-state index in [0.29, 0.717) is 0 Å². The number of fused-ring (bicyclic) bond motifs is 10. The number of hydrogen-bond donors (Lipinski definition) is 0. The van der Waals surface area contributed by atoms with E-state index in [9.17, 15) is 0 Å². The van der Waals surface area contributed by atoms with Crippen molar-refractivity contribution in [2.45, 2.75) is 19.3 Å². The highest BCUT2D eigenvalue weighted by molar-refractivity contribution is 6.22. The molecule has 0 radical (unpaired) electrons. The Labute approximate surface area is 267 Å². The van der Waals surface area contributed by atoms with Crippen LogP contribution in [0.4, 0.5) is 0 Å². The van der Waals surface area contributed by atoms with Gasteiger partial charge in [-0.3, -0.25) is 0 Å². The molecule has 0 aliphatic heterocycles. The third-order valence-corrected chi connectivity index (χ3v) is 10.5. The number of rotatable bonds is 2. The number of benzene rings is 8. The van der Waals surface area contributed by atoms with E-state index < -0.39 is 0 Å². The molecule has 9 aromatic rings. The van der Waals surface area contributed by atoms with Crippen LogP contribution in [0.25, 0.3) is 87.6 Å². The first-order valence-corrected chi connectivity index (χ1v) is 16.1. The normalized spacial score (nSPS) is 13.6. The van der Waals surface area contributed by atoms with Gasteiger partial charge in [-0.25, -0.2) is 0 Å². The topological polar surface area (TPSA) is 13.1 Å². The summed E-state index contributed by atoms with van der Waals surface area (Å²) in [4.78, 5) is 0. The highest BCUT2D eigenvalue weighted by Crippen LogP contribution is 2.53. The summed E-state index contributed by atoms with van der Waals surface area (Å²) >= 11 is 0. The van der Waals surface area contributed by atoms with Crippen LogP contribution < -0.4 is 0 Å². The van der Waals surface area contributed by atoms with Crippen LogP contribution in [-0.4, -0.2) is 0 Å². The summed E-state index contributed by atoms with van der Waals surface area (Å²) in [6, 6.07) is 53.4. The SMILES string of the molecule is CC1(C)c2cc(-c3c4ccccc4c(-c4ccc5c(c4)oc4ccccc45)c4ccccc34)ccc2-c2c1ccc1ccccc21. The third-order valence-electron chi connectivity index (χ3n) is 10.5. The van der Waals surface area contributed by atoms with Gasteiger partial charge < -0.3 is 4.42 Å². The van der Waals surface area contributed by atoms with E-state index >= 15 is 0 Å². The highest BCUT2D eigenvalue weighted by Gasteiger charge is 2.36. The first-order chi connectivity index (χ1) is 22.6. The maximum atomic E-state index is 6.35. The van der Waals surface area contributed by atoms with Crippen LogP contribution in [0, 0.1) is 0 Å². The molecule has 0 fully saturated rings. The molecule has 0 atom stereocenters. The van der Waals surface area contributed by atoms with E-state index in [2.05, 4.69) is 147 Å². The van der Waals surface area contributed by atoms with Gasteiger partial charge in [-0.2, -0.15) is 0 Å². The Balaban J connectivity index is 1.24. The Morgan fingerprint density at radius 1 is 0.391 bits per heavy atom. The lowest BCUT2D eigenvalue weighted by Crippen LogP contribution is -2.15. The van der Waals surface area contributed by atoms with Crippen molar-refractivity contribution < 1.29 is 4.42 Å². The second kappa shape index (κ2) is 9.19. The lowest BCUT2D eigenvalue weighted by molar-refractivity contribution is 0.661. The molecule has 0 saturated heterocycles. The van der Waals surface area contributed by atoms with E-state index in [4.69, 9.17) is 4.42 Å². The van der Waals surface area contributed by atoms with Crippen molar-refractivity contribution in [2.75, 3.05) is 0 Å². The molecule has 0 amide bonds. The van der Waals surface area contributed by atoms with Crippen molar-refractivity contribution in [3.8, 4) is 33.4 Å². The van der Waals surface area contributed by atoms with Crippen molar-refractivity contribution in [3.05, 3.63) is 157 Å². The number of hydrogen-bond acceptors (Lipinski definition) is 1. The van der Waals surface area contributed by atoms with Crippen LogP contribution >= 0.6 is 0 Å². The Morgan fingerprint density at radius 3 is 1.63 bits per heavy atom. The van der Waals surface area contributed by atoms with Crippen molar-refractivity contribution in [3.63, 3.8) is 0 Å². The maximum Gasteiger partial charge on any atom is 0.136 e. The van der Waals surface area contributed by atoms with Crippen LogP contribution in [0.5, 0.6) is 0 Å². The third kappa shape index (κ3) is 3.40. The number of furan rings is 1. The second-order valence-electron chi connectivity index (χ2n) is 13.2. The Bertz CT molecular complexity index is 2660.